The van der Waals surface area contributed by atoms with Crippen LogP contribution in [0.2, 0.25) is 0 Å². The smallest absolute Gasteiger partial charge is 0.119 e. The SMILES string of the molecule is Cc1cc(OCC2(CC(=N)N)CC2)ccc1Br. The minimum atomic E-state index is 0.132. The van der Waals surface area contributed by atoms with Crippen molar-refractivity contribution >= 4 is 21.8 Å². The molecule has 0 aliphatic heterocycles. The van der Waals surface area contributed by atoms with Gasteiger partial charge in [-0.05, 0) is 43.5 Å². The molecule has 0 saturated heterocycles. The van der Waals surface area contributed by atoms with Crippen LogP contribution in [0.3, 0.4) is 0 Å². The first-order valence-electron chi connectivity index (χ1n) is 5.73. The van der Waals surface area contributed by atoms with Crippen LogP contribution in [-0.2, 0) is 0 Å². The summed E-state index contributed by atoms with van der Waals surface area (Å²) in [6.45, 7) is 2.70. The van der Waals surface area contributed by atoms with E-state index in [4.69, 9.17) is 15.9 Å². The van der Waals surface area contributed by atoms with E-state index in [2.05, 4.69) is 15.9 Å². The first kappa shape index (κ1) is 12.4. The number of rotatable bonds is 5. The zero-order valence-corrected chi connectivity index (χ0v) is 11.5. The predicted molar refractivity (Wildman–Crippen MR) is 72.6 cm³/mol. The van der Waals surface area contributed by atoms with E-state index in [1.807, 2.05) is 25.1 Å². The van der Waals surface area contributed by atoms with E-state index >= 15 is 0 Å². The molecule has 0 amide bonds. The largest absolute Gasteiger partial charge is 0.493 e. The molecular formula is C13H17BrN2O. The molecule has 1 aromatic carbocycles. The Morgan fingerprint density at radius 2 is 2.24 bits per heavy atom. The van der Waals surface area contributed by atoms with Crippen LogP contribution in [0, 0.1) is 17.7 Å². The van der Waals surface area contributed by atoms with E-state index in [-0.39, 0.29) is 11.3 Å². The maximum Gasteiger partial charge on any atom is 0.119 e. The fourth-order valence-corrected chi connectivity index (χ4v) is 2.14. The second-order valence-electron chi connectivity index (χ2n) is 4.90. The third kappa shape index (κ3) is 3.22. The van der Waals surface area contributed by atoms with Crippen molar-refractivity contribution in [3.63, 3.8) is 0 Å². The molecule has 0 bridgehead atoms. The van der Waals surface area contributed by atoms with Crippen molar-refractivity contribution in [1.82, 2.24) is 0 Å². The van der Waals surface area contributed by atoms with Crippen molar-refractivity contribution in [2.75, 3.05) is 6.61 Å². The van der Waals surface area contributed by atoms with Crippen LogP contribution in [0.4, 0.5) is 0 Å². The number of hydrogen-bond acceptors (Lipinski definition) is 2. The van der Waals surface area contributed by atoms with Crippen LogP contribution in [0.1, 0.15) is 24.8 Å². The summed E-state index contributed by atoms with van der Waals surface area (Å²) in [7, 11) is 0. The Kier molecular flexibility index (Phi) is 3.43. The van der Waals surface area contributed by atoms with Gasteiger partial charge in [0, 0.05) is 16.3 Å². The highest BCUT2D eigenvalue weighted by atomic mass is 79.9. The minimum absolute atomic E-state index is 0.132. The quantitative estimate of drug-likeness (QED) is 0.647. The van der Waals surface area contributed by atoms with Gasteiger partial charge in [0.25, 0.3) is 0 Å². The Balaban J connectivity index is 1.94. The van der Waals surface area contributed by atoms with Gasteiger partial charge in [-0.2, -0.15) is 0 Å². The van der Waals surface area contributed by atoms with Crippen molar-refractivity contribution in [3.05, 3.63) is 28.2 Å². The molecular weight excluding hydrogens is 280 g/mol. The molecule has 0 unspecified atom stereocenters. The minimum Gasteiger partial charge on any atom is -0.493 e. The van der Waals surface area contributed by atoms with Crippen LogP contribution in [0.25, 0.3) is 0 Å². The Morgan fingerprint density at radius 1 is 1.53 bits per heavy atom. The monoisotopic (exact) mass is 296 g/mol. The van der Waals surface area contributed by atoms with Crippen molar-refractivity contribution in [3.8, 4) is 5.75 Å². The second kappa shape index (κ2) is 4.69. The molecule has 92 valence electrons. The van der Waals surface area contributed by atoms with E-state index < -0.39 is 0 Å². The number of nitrogens with one attached hydrogen (secondary N) is 1. The van der Waals surface area contributed by atoms with Gasteiger partial charge in [0.15, 0.2) is 0 Å². The van der Waals surface area contributed by atoms with E-state index in [1.54, 1.807) is 0 Å². The molecule has 3 nitrogen and oxygen atoms in total. The normalized spacial score (nSPS) is 16.6. The average molecular weight is 297 g/mol. The number of aryl methyl sites for hydroxylation is 1. The first-order valence-corrected chi connectivity index (χ1v) is 6.52. The van der Waals surface area contributed by atoms with Gasteiger partial charge in [0.2, 0.25) is 0 Å². The zero-order valence-electron chi connectivity index (χ0n) is 9.92. The van der Waals surface area contributed by atoms with Crippen LogP contribution < -0.4 is 10.5 Å². The summed E-state index contributed by atoms with van der Waals surface area (Å²) in [5, 5.41) is 7.35. The molecule has 1 aromatic rings. The lowest BCUT2D eigenvalue weighted by Gasteiger charge is -2.15. The summed E-state index contributed by atoms with van der Waals surface area (Å²) in [5.41, 5.74) is 6.75. The lowest BCUT2D eigenvalue weighted by atomic mass is 10.0. The standard InChI is InChI=1S/C13H17BrN2O/c1-9-6-10(2-3-11(9)14)17-8-13(4-5-13)7-12(15)16/h2-3,6H,4-5,7-8H2,1H3,(H3,15,16). The predicted octanol–water partition coefficient (Wildman–Crippen LogP) is 3.24. The lowest BCUT2D eigenvalue weighted by Crippen LogP contribution is -2.21. The third-order valence-corrected chi connectivity index (χ3v) is 4.09. The van der Waals surface area contributed by atoms with E-state index in [1.165, 1.54) is 5.56 Å². The summed E-state index contributed by atoms with van der Waals surface area (Å²) in [6, 6.07) is 5.98. The summed E-state index contributed by atoms with van der Waals surface area (Å²) in [6.07, 6.45) is 2.88. The topological polar surface area (TPSA) is 59.1 Å². The van der Waals surface area contributed by atoms with Crippen LogP contribution in [0.15, 0.2) is 22.7 Å². The van der Waals surface area contributed by atoms with Gasteiger partial charge < -0.3 is 10.5 Å². The Labute approximate surface area is 110 Å². The summed E-state index contributed by atoms with van der Waals surface area (Å²) >= 11 is 3.46. The van der Waals surface area contributed by atoms with Gasteiger partial charge in [-0.3, -0.25) is 5.41 Å². The highest BCUT2D eigenvalue weighted by Gasteiger charge is 2.43. The molecule has 1 aliphatic rings. The lowest BCUT2D eigenvalue weighted by molar-refractivity contribution is 0.238. The maximum atomic E-state index is 7.35. The van der Waals surface area contributed by atoms with Gasteiger partial charge in [-0.1, -0.05) is 15.9 Å². The highest BCUT2D eigenvalue weighted by molar-refractivity contribution is 9.10. The molecule has 0 spiro atoms. The van der Waals surface area contributed by atoms with Gasteiger partial charge in [0.05, 0.1) is 12.4 Å². The van der Waals surface area contributed by atoms with Crippen molar-refractivity contribution in [2.45, 2.75) is 26.2 Å². The van der Waals surface area contributed by atoms with Crippen LogP contribution in [-0.4, -0.2) is 12.4 Å². The van der Waals surface area contributed by atoms with E-state index in [0.717, 1.165) is 23.1 Å². The number of amidine groups is 1. The third-order valence-electron chi connectivity index (χ3n) is 3.20. The zero-order chi connectivity index (χ0) is 12.5. The fraction of sp³-hybridized carbons (Fsp3) is 0.462. The number of nitrogens with two attached hydrogens (primary N) is 1. The van der Waals surface area contributed by atoms with Gasteiger partial charge in [-0.25, -0.2) is 0 Å². The van der Waals surface area contributed by atoms with Crippen molar-refractivity contribution < 1.29 is 4.74 Å². The first-order chi connectivity index (χ1) is 8.01. The average Bonchev–Trinajstić information content (AvgIpc) is 2.99. The van der Waals surface area contributed by atoms with Crippen LogP contribution in [0.5, 0.6) is 5.75 Å². The molecule has 0 atom stereocenters. The molecule has 0 heterocycles. The molecule has 3 N–H and O–H groups in total. The molecule has 2 rings (SSSR count). The van der Waals surface area contributed by atoms with Crippen LogP contribution >= 0.6 is 15.9 Å². The van der Waals surface area contributed by atoms with E-state index in [9.17, 15) is 0 Å². The summed E-state index contributed by atoms with van der Waals surface area (Å²) in [5.74, 6) is 1.15. The van der Waals surface area contributed by atoms with Gasteiger partial charge in [0.1, 0.15) is 5.75 Å². The molecule has 1 aliphatic carbocycles. The molecule has 1 fully saturated rings. The molecule has 1 saturated carbocycles. The fourth-order valence-electron chi connectivity index (χ4n) is 1.90. The second-order valence-corrected chi connectivity index (χ2v) is 5.76. The van der Waals surface area contributed by atoms with Crippen molar-refractivity contribution in [1.29, 1.82) is 5.41 Å². The van der Waals surface area contributed by atoms with Crippen molar-refractivity contribution in [2.24, 2.45) is 11.1 Å². The Hall–Kier alpha value is -1.03. The number of hydrogen-bond donors (Lipinski definition) is 2. The summed E-state index contributed by atoms with van der Waals surface area (Å²) < 4.78 is 6.89. The van der Waals surface area contributed by atoms with E-state index in [0.29, 0.717) is 13.0 Å². The number of ether oxygens (including phenoxy) is 1. The summed E-state index contributed by atoms with van der Waals surface area (Å²) in [4.78, 5) is 0. The maximum absolute atomic E-state index is 7.35. The number of benzene rings is 1. The molecule has 4 heteroatoms. The molecule has 0 aromatic heterocycles. The molecule has 0 radical (unpaired) electrons. The van der Waals surface area contributed by atoms with Gasteiger partial charge >= 0.3 is 0 Å². The molecule has 17 heavy (non-hydrogen) atoms. The number of halogens is 1. The van der Waals surface area contributed by atoms with Gasteiger partial charge in [-0.15, -0.1) is 0 Å². The highest BCUT2D eigenvalue weighted by Crippen LogP contribution is 2.48. The Morgan fingerprint density at radius 3 is 2.76 bits per heavy atom. The Bertz CT molecular complexity index is 441.